The number of nitrogens with zero attached hydrogens (tertiary/aromatic N) is 2. The third-order valence-corrected chi connectivity index (χ3v) is 4.92. The van der Waals surface area contributed by atoms with Crippen LogP contribution < -0.4 is 4.90 Å². The SMILES string of the molecule is Cc1ccc2c(c1)[C@H]1CN(C)CC[C@H]1N2C(=O)[C@@H](C)Br. The number of hydrogen-bond acceptors (Lipinski definition) is 2. The summed E-state index contributed by atoms with van der Waals surface area (Å²) in [6.45, 7) is 6.15. The van der Waals surface area contributed by atoms with Crippen LogP contribution in [0, 0.1) is 6.92 Å². The Balaban J connectivity index is 2.06. The van der Waals surface area contributed by atoms with Crippen molar-refractivity contribution >= 4 is 27.5 Å². The summed E-state index contributed by atoms with van der Waals surface area (Å²) in [5.74, 6) is 0.644. The van der Waals surface area contributed by atoms with Crippen molar-refractivity contribution in [2.24, 2.45) is 0 Å². The van der Waals surface area contributed by atoms with Crippen LogP contribution in [-0.4, -0.2) is 41.8 Å². The van der Waals surface area contributed by atoms with Crippen LogP contribution in [0.25, 0.3) is 0 Å². The molecule has 3 nitrogen and oxygen atoms in total. The van der Waals surface area contributed by atoms with E-state index in [9.17, 15) is 4.79 Å². The van der Waals surface area contributed by atoms with Crippen molar-refractivity contribution in [3.63, 3.8) is 0 Å². The van der Waals surface area contributed by atoms with E-state index < -0.39 is 0 Å². The molecule has 0 aliphatic carbocycles. The van der Waals surface area contributed by atoms with Gasteiger partial charge in [0.2, 0.25) is 5.91 Å². The Bertz CT molecular complexity index is 543. The van der Waals surface area contributed by atoms with Gasteiger partial charge in [-0.15, -0.1) is 0 Å². The Morgan fingerprint density at radius 3 is 2.90 bits per heavy atom. The lowest BCUT2D eigenvalue weighted by molar-refractivity contribution is -0.118. The molecule has 0 N–H and O–H groups in total. The maximum Gasteiger partial charge on any atom is 0.240 e. The topological polar surface area (TPSA) is 23.6 Å². The first-order chi connectivity index (χ1) is 9.49. The number of halogens is 1. The van der Waals surface area contributed by atoms with Gasteiger partial charge in [-0.25, -0.2) is 0 Å². The standard InChI is InChI=1S/C16H21BrN2O/c1-10-4-5-14-12(8-10)13-9-18(3)7-6-15(13)19(14)16(20)11(2)17/h4-5,8,11,13,15H,6-7,9H2,1-3H3/t11-,13-,15-/m1/s1. The number of likely N-dealkylation sites (N-methyl/N-ethyl adjacent to an activating group) is 1. The van der Waals surface area contributed by atoms with Crippen LogP contribution in [0.15, 0.2) is 18.2 Å². The minimum absolute atomic E-state index is 0.130. The van der Waals surface area contributed by atoms with Crippen LogP contribution >= 0.6 is 15.9 Å². The Hall–Kier alpha value is -0.870. The Morgan fingerprint density at radius 2 is 2.20 bits per heavy atom. The molecular formula is C16H21BrN2O. The third kappa shape index (κ3) is 2.19. The largest absolute Gasteiger partial charge is 0.307 e. The van der Waals surface area contributed by atoms with E-state index >= 15 is 0 Å². The molecule has 1 saturated heterocycles. The van der Waals surface area contributed by atoms with Gasteiger partial charge in [-0.2, -0.15) is 0 Å². The predicted molar refractivity (Wildman–Crippen MR) is 85.7 cm³/mol. The van der Waals surface area contributed by atoms with E-state index in [1.54, 1.807) is 0 Å². The van der Waals surface area contributed by atoms with Gasteiger partial charge in [0.15, 0.2) is 0 Å². The minimum Gasteiger partial charge on any atom is -0.307 e. The van der Waals surface area contributed by atoms with Gasteiger partial charge in [-0.3, -0.25) is 4.79 Å². The lowest BCUT2D eigenvalue weighted by Crippen LogP contribution is -2.48. The van der Waals surface area contributed by atoms with Crippen LogP contribution in [0.2, 0.25) is 0 Å². The van der Waals surface area contributed by atoms with E-state index in [0.717, 1.165) is 25.2 Å². The van der Waals surface area contributed by atoms with E-state index in [0.29, 0.717) is 12.0 Å². The zero-order chi connectivity index (χ0) is 14.4. The first-order valence-electron chi connectivity index (χ1n) is 7.25. The highest BCUT2D eigenvalue weighted by Gasteiger charge is 2.44. The molecule has 0 saturated carbocycles. The van der Waals surface area contributed by atoms with Gasteiger partial charge in [-0.05, 0) is 45.5 Å². The zero-order valence-corrected chi connectivity index (χ0v) is 13.9. The van der Waals surface area contributed by atoms with Crippen LogP contribution in [0.4, 0.5) is 5.69 Å². The van der Waals surface area contributed by atoms with Crippen molar-refractivity contribution in [2.45, 2.75) is 37.1 Å². The van der Waals surface area contributed by atoms with Crippen LogP contribution in [0.1, 0.15) is 30.4 Å². The van der Waals surface area contributed by atoms with Gasteiger partial charge in [-0.1, -0.05) is 33.6 Å². The molecule has 4 heteroatoms. The first kappa shape index (κ1) is 14.1. The molecule has 2 aliphatic heterocycles. The van der Waals surface area contributed by atoms with Crippen molar-refractivity contribution in [1.82, 2.24) is 4.90 Å². The number of hydrogen-bond donors (Lipinski definition) is 0. The highest BCUT2D eigenvalue weighted by molar-refractivity contribution is 9.10. The van der Waals surface area contributed by atoms with Crippen molar-refractivity contribution in [3.05, 3.63) is 29.3 Å². The molecule has 0 spiro atoms. The summed E-state index contributed by atoms with van der Waals surface area (Å²) in [4.78, 5) is 16.9. The lowest BCUT2D eigenvalue weighted by Gasteiger charge is -2.36. The smallest absolute Gasteiger partial charge is 0.240 e. The number of rotatable bonds is 1. The van der Waals surface area contributed by atoms with Crippen LogP contribution in [-0.2, 0) is 4.79 Å². The van der Waals surface area contributed by atoms with Gasteiger partial charge in [0, 0.05) is 24.2 Å². The van der Waals surface area contributed by atoms with Crippen LogP contribution in [0.5, 0.6) is 0 Å². The second-order valence-corrected chi connectivity index (χ2v) is 7.48. The highest BCUT2D eigenvalue weighted by Crippen LogP contribution is 2.45. The van der Waals surface area contributed by atoms with Gasteiger partial charge >= 0.3 is 0 Å². The maximum atomic E-state index is 12.6. The fourth-order valence-electron chi connectivity index (χ4n) is 3.56. The molecule has 3 atom stereocenters. The fourth-order valence-corrected chi connectivity index (χ4v) is 3.78. The summed E-state index contributed by atoms with van der Waals surface area (Å²) in [7, 11) is 2.17. The summed E-state index contributed by atoms with van der Waals surface area (Å²) in [5, 5.41) is 0. The normalized spacial score (nSPS) is 27.1. The van der Waals surface area contributed by atoms with E-state index in [4.69, 9.17) is 0 Å². The van der Waals surface area contributed by atoms with Gasteiger partial charge in [0.1, 0.15) is 0 Å². The molecule has 108 valence electrons. The summed E-state index contributed by atoms with van der Waals surface area (Å²) in [6, 6.07) is 6.82. The second-order valence-electron chi connectivity index (χ2n) is 6.11. The second kappa shape index (κ2) is 5.15. The zero-order valence-electron chi connectivity index (χ0n) is 12.3. The molecule has 20 heavy (non-hydrogen) atoms. The Kier molecular flexibility index (Phi) is 3.63. The Labute approximate surface area is 129 Å². The van der Waals surface area contributed by atoms with Crippen molar-refractivity contribution in [3.8, 4) is 0 Å². The molecule has 2 aliphatic rings. The number of fused-ring (bicyclic) bond motifs is 3. The minimum atomic E-state index is -0.130. The lowest BCUT2D eigenvalue weighted by atomic mass is 9.89. The maximum absolute atomic E-state index is 12.6. The number of anilines is 1. The van der Waals surface area contributed by atoms with Crippen molar-refractivity contribution in [1.29, 1.82) is 0 Å². The van der Waals surface area contributed by atoms with Gasteiger partial charge < -0.3 is 9.80 Å². The first-order valence-corrected chi connectivity index (χ1v) is 8.17. The van der Waals surface area contributed by atoms with Crippen molar-refractivity contribution in [2.75, 3.05) is 25.0 Å². The number of carbonyl (C=O) groups is 1. The average Bonchev–Trinajstić information content (AvgIpc) is 2.71. The molecule has 2 heterocycles. The summed E-state index contributed by atoms with van der Waals surface area (Å²) in [6.07, 6.45) is 1.06. The van der Waals surface area contributed by atoms with Gasteiger partial charge in [0.25, 0.3) is 0 Å². The summed E-state index contributed by atoms with van der Waals surface area (Å²) >= 11 is 3.44. The number of alkyl halides is 1. The molecular weight excluding hydrogens is 316 g/mol. The summed E-state index contributed by atoms with van der Waals surface area (Å²) in [5.41, 5.74) is 3.75. The molecule has 0 unspecified atom stereocenters. The van der Waals surface area contributed by atoms with Crippen molar-refractivity contribution < 1.29 is 4.79 Å². The van der Waals surface area contributed by atoms with Crippen LogP contribution in [0.3, 0.4) is 0 Å². The van der Waals surface area contributed by atoms with E-state index in [2.05, 4.69) is 53.0 Å². The molecule has 1 fully saturated rings. The van der Waals surface area contributed by atoms with E-state index in [-0.39, 0.29) is 10.7 Å². The molecule has 3 rings (SSSR count). The number of piperidine rings is 1. The molecule has 0 radical (unpaired) electrons. The highest BCUT2D eigenvalue weighted by atomic mass is 79.9. The predicted octanol–water partition coefficient (Wildman–Crippen LogP) is 2.91. The monoisotopic (exact) mass is 336 g/mol. The van der Waals surface area contributed by atoms with E-state index in [1.165, 1.54) is 11.1 Å². The number of carbonyl (C=O) groups excluding carboxylic acids is 1. The fraction of sp³-hybridized carbons (Fsp3) is 0.562. The number of benzene rings is 1. The van der Waals surface area contributed by atoms with E-state index in [1.807, 2.05) is 11.8 Å². The molecule has 0 bridgehead atoms. The number of amides is 1. The molecule has 0 aromatic heterocycles. The molecule has 1 aromatic carbocycles. The molecule has 1 aromatic rings. The third-order valence-electron chi connectivity index (χ3n) is 4.53. The average molecular weight is 337 g/mol. The van der Waals surface area contributed by atoms with Gasteiger partial charge in [0.05, 0.1) is 4.83 Å². The Morgan fingerprint density at radius 1 is 1.45 bits per heavy atom. The quantitative estimate of drug-likeness (QED) is 0.736. The number of likely N-dealkylation sites (tertiary alicyclic amines) is 1. The summed E-state index contributed by atoms with van der Waals surface area (Å²) < 4.78 is 0. The number of aryl methyl sites for hydroxylation is 1. The molecule has 1 amide bonds.